The van der Waals surface area contributed by atoms with Gasteiger partial charge in [0, 0.05) is 6.42 Å². The molecule has 0 heterocycles. The molecule has 1 aromatic carbocycles. The van der Waals surface area contributed by atoms with Gasteiger partial charge in [0.25, 0.3) is 0 Å². The van der Waals surface area contributed by atoms with Gasteiger partial charge >= 0.3 is 6.18 Å². The van der Waals surface area contributed by atoms with Crippen molar-refractivity contribution in [2.24, 2.45) is 5.92 Å². The number of anilines is 1. The van der Waals surface area contributed by atoms with Crippen LogP contribution in [-0.2, 0) is 11.0 Å². The average molecular weight is 357 g/mol. The van der Waals surface area contributed by atoms with Crippen LogP contribution in [0.2, 0.25) is 0 Å². The van der Waals surface area contributed by atoms with Gasteiger partial charge in [-0.2, -0.15) is 13.2 Å². The standard InChI is InChI=1S/C15H14F7NO/c16-10-9(15(20,21)22)11(17)13(19)14(12(10)18)23-8(24)6-5-7-3-1-2-4-7/h7H,1-6H2,(H,23,24). The Labute approximate surface area is 133 Å². The summed E-state index contributed by atoms with van der Waals surface area (Å²) in [4.78, 5) is 11.7. The van der Waals surface area contributed by atoms with E-state index in [2.05, 4.69) is 0 Å². The predicted octanol–water partition coefficient (Wildman–Crippen LogP) is 5.17. The first-order chi connectivity index (χ1) is 11.1. The number of halogens is 7. The Balaban J connectivity index is 2.19. The summed E-state index contributed by atoms with van der Waals surface area (Å²) in [6.45, 7) is 0. The summed E-state index contributed by atoms with van der Waals surface area (Å²) in [6.07, 6.45) is -1.45. The van der Waals surface area contributed by atoms with Crippen molar-refractivity contribution in [2.45, 2.75) is 44.7 Å². The van der Waals surface area contributed by atoms with Crippen molar-refractivity contribution in [3.05, 3.63) is 28.8 Å². The lowest BCUT2D eigenvalue weighted by molar-refractivity contribution is -0.143. The minimum absolute atomic E-state index is 0.145. The van der Waals surface area contributed by atoms with E-state index in [1.165, 1.54) is 0 Å². The van der Waals surface area contributed by atoms with Crippen molar-refractivity contribution in [1.82, 2.24) is 0 Å². The van der Waals surface area contributed by atoms with Crippen LogP contribution in [0.1, 0.15) is 44.1 Å². The summed E-state index contributed by atoms with van der Waals surface area (Å²) in [5.74, 6) is -10.4. The van der Waals surface area contributed by atoms with Gasteiger partial charge in [-0.3, -0.25) is 4.79 Å². The summed E-state index contributed by atoms with van der Waals surface area (Å²) in [7, 11) is 0. The van der Waals surface area contributed by atoms with Gasteiger partial charge in [-0.25, -0.2) is 17.6 Å². The number of carbonyl (C=O) groups is 1. The van der Waals surface area contributed by atoms with Crippen molar-refractivity contribution >= 4 is 11.6 Å². The van der Waals surface area contributed by atoms with Crippen molar-refractivity contribution < 1.29 is 35.5 Å². The van der Waals surface area contributed by atoms with Crippen molar-refractivity contribution in [1.29, 1.82) is 0 Å². The smallest absolute Gasteiger partial charge is 0.321 e. The van der Waals surface area contributed by atoms with E-state index in [1.807, 2.05) is 0 Å². The molecule has 0 unspecified atom stereocenters. The van der Waals surface area contributed by atoms with Crippen molar-refractivity contribution in [3.63, 3.8) is 0 Å². The second-order valence-corrected chi connectivity index (χ2v) is 5.74. The lowest BCUT2D eigenvalue weighted by Gasteiger charge is -2.15. The third kappa shape index (κ3) is 3.81. The maximum atomic E-state index is 13.6. The van der Waals surface area contributed by atoms with Crippen LogP contribution in [0.15, 0.2) is 0 Å². The van der Waals surface area contributed by atoms with Crippen molar-refractivity contribution in [3.8, 4) is 0 Å². The van der Waals surface area contributed by atoms with Gasteiger partial charge in [0.15, 0.2) is 23.3 Å². The number of alkyl halides is 3. The largest absolute Gasteiger partial charge is 0.422 e. The third-order valence-electron chi connectivity index (χ3n) is 4.07. The average Bonchev–Trinajstić information content (AvgIpc) is 2.99. The third-order valence-corrected chi connectivity index (χ3v) is 4.07. The number of amides is 1. The first-order valence-corrected chi connectivity index (χ1v) is 7.36. The van der Waals surface area contributed by atoms with E-state index in [0.717, 1.165) is 25.7 Å². The molecule has 2 rings (SSSR count). The Hall–Kier alpha value is -1.80. The molecule has 1 aliphatic rings. The molecule has 1 amide bonds. The molecule has 0 spiro atoms. The van der Waals surface area contributed by atoms with Gasteiger partial charge in [-0.05, 0) is 12.3 Å². The monoisotopic (exact) mass is 357 g/mol. The highest BCUT2D eigenvalue weighted by Crippen LogP contribution is 2.38. The number of nitrogens with one attached hydrogen (secondary N) is 1. The normalized spacial score (nSPS) is 15.8. The van der Waals surface area contributed by atoms with E-state index >= 15 is 0 Å². The molecule has 9 heteroatoms. The van der Waals surface area contributed by atoms with Crippen LogP contribution >= 0.6 is 0 Å². The van der Waals surface area contributed by atoms with Gasteiger partial charge in [0.2, 0.25) is 5.91 Å². The maximum Gasteiger partial charge on any atom is 0.422 e. The topological polar surface area (TPSA) is 29.1 Å². The fraction of sp³-hybridized carbons (Fsp3) is 0.533. The molecule has 0 bridgehead atoms. The molecular weight excluding hydrogens is 343 g/mol. The highest BCUT2D eigenvalue weighted by atomic mass is 19.4. The van der Waals surface area contributed by atoms with Crippen LogP contribution in [0.5, 0.6) is 0 Å². The fourth-order valence-electron chi connectivity index (χ4n) is 2.83. The summed E-state index contributed by atoms with van der Waals surface area (Å²) >= 11 is 0. The lowest BCUT2D eigenvalue weighted by atomic mass is 10.0. The second kappa shape index (κ2) is 6.98. The van der Waals surface area contributed by atoms with Gasteiger partial charge in [-0.15, -0.1) is 0 Å². The zero-order valence-corrected chi connectivity index (χ0v) is 12.4. The quantitative estimate of drug-likeness (QED) is 0.585. The fourth-order valence-corrected chi connectivity index (χ4v) is 2.83. The van der Waals surface area contributed by atoms with Gasteiger partial charge in [0.1, 0.15) is 11.3 Å². The summed E-state index contributed by atoms with van der Waals surface area (Å²) in [5, 5.41) is 1.63. The molecule has 1 aromatic rings. The van der Waals surface area contributed by atoms with Gasteiger partial charge < -0.3 is 5.32 Å². The Morgan fingerprint density at radius 1 is 0.958 bits per heavy atom. The molecule has 2 nitrogen and oxygen atoms in total. The minimum Gasteiger partial charge on any atom is -0.321 e. The summed E-state index contributed by atoms with van der Waals surface area (Å²) in [5.41, 5.74) is -4.21. The summed E-state index contributed by atoms with van der Waals surface area (Å²) < 4.78 is 91.5. The maximum absolute atomic E-state index is 13.6. The Morgan fingerprint density at radius 2 is 1.46 bits per heavy atom. The van der Waals surface area contributed by atoms with E-state index in [9.17, 15) is 35.5 Å². The zero-order chi connectivity index (χ0) is 18.1. The highest BCUT2D eigenvalue weighted by Gasteiger charge is 2.42. The van der Waals surface area contributed by atoms with E-state index < -0.39 is 46.6 Å². The molecule has 0 aromatic heterocycles. The second-order valence-electron chi connectivity index (χ2n) is 5.74. The zero-order valence-electron chi connectivity index (χ0n) is 12.4. The molecule has 0 atom stereocenters. The highest BCUT2D eigenvalue weighted by molar-refractivity contribution is 5.91. The molecular formula is C15H14F7NO. The first kappa shape index (κ1) is 18.5. The minimum atomic E-state index is -5.61. The Kier molecular flexibility index (Phi) is 5.39. The van der Waals surface area contributed by atoms with Gasteiger partial charge in [0.05, 0.1) is 0 Å². The van der Waals surface area contributed by atoms with Crippen LogP contribution in [-0.4, -0.2) is 5.91 Å². The van der Waals surface area contributed by atoms with Crippen LogP contribution in [0.3, 0.4) is 0 Å². The first-order valence-electron chi connectivity index (χ1n) is 7.36. The van der Waals surface area contributed by atoms with Crippen LogP contribution in [0.4, 0.5) is 36.4 Å². The van der Waals surface area contributed by atoms with E-state index in [1.54, 1.807) is 5.32 Å². The van der Waals surface area contributed by atoms with E-state index in [0.29, 0.717) is 6.42 Å². The number of rotatable bonds is 4. The molecule has 1 N–H and O–H groups in total. The molecule has 1 saturated carbocycles. The van der Waals surface area contributed by atoms with Crippen LogP contribution in [0, 0.1) is 29.2 Å². The Bertz CT molecular complexity index is 607. The molecule has 1 fully saturated rings. The Morgan fingerprint density at radius 3 is 1.92 bits per heavy atom. The molecule has 0 aliphatic heterocycles. The van der Waals surface area contributed by atoms with Crippen molar-refractivity contribution in [2.75, 3.05) is 5.32 Å². The van der Waals surface area contributed by atoms with Crippen LogP contribution in [0.25, 0.3) is 0 Å². The molecule has 0 saturated heterocycles. The SMILES string of the molecule is O=C(CCC1CCCC1)Nc1c(F)c(F)c(C(F)(F)F)c(F)c1F. The summed E-state index contributed by atoms with van der Waals surface area (Å²) in [6, 6.07) is 0. The number of benzene rings is 1. The number of hydrogen-bond donors (Lipinski definition) is 1. The molecule has 1 aliphatic carbocycles. The number of hydrogen-bond acceptors (Lipinski definition) is 1. The molecule has 24 heavy (non-hydrogen) atoms. The van der Waals surface area contributed by atoms with Gasteiger partial charge in [-0.1, -0.05) is 25.7 Å². The number of carbonyl (C=O) groups excluding carboxylic acids is 1. The molecule has 134 valence electrons. The molecule has 0 radical (unpaired) electrons. The lowest BCUT2D eigenvalue weighted by Crippen LogP contribution is -2.20. The van der Waals surface area contributed by atoms with E-state index in [4.69, 9.17) is 0 Å². The van der Waals surface area contributed by atoms with E-state index in [-0.39, 0.29) is 12.3 Å². The predicted molar refractivity (Wildman–Crippen MR) is 71.1 cm³/mol. The van der Waals surface area contributed by atoms with Crippen LogP contribution < -0.4 is 5.32 Å².